The summed E-state index contributed by atoms with van der Waals surface area (Å²) < 4.78 is 5.29. The van der Waals surface area contributed by atoms with E-state index in [1.54, 1.807) is 37.2 Å². The van der Waals surface area contributed by atoms with E-state index in [4.69, 9.17) is 33.7 Å². The fraction of sp³-hybridized carbons (Fsp3) is 0.154. The van der Waals surface area contributed by atoms with Crippen molar-refractivity contribution in [3.8, 4) is 5.75 Å². The summed E-state index contributed by atoms with van der Waals surface area (Å²) in [5.74, 6) is 1.44. The molecule has 0 spiro atoms. The molecule has 0 aliphatic heterocycles. The van der Waals surface area contributed by atoms with Crippen LogP contribution in [0.5, 0.6) is 5.75 Å². The molecule has 0 amide bonds. The number of rotatable bonds is 4. The smallest absolute Gasteiger partial charge is 0.134 e. The van der Waals surface area contributed by atoms with Gasteiger partial charge in [-0.25, -0.2) is 4.98 Å². The molecule has 0 atom stereocenters. The van der Waals surface area contributed by atoms with Gasteiger partial charge in [-0.2, -0.15) is 0 Å². The maximum Gasteiger partial charge on any atom is 0.134 e. The molecule has 6 heteroatoms. The summed E-state index contributed by atoms with van der Waals surface area (Å²) in [5, 5.41) is 1.01. The van der Waals surface area contributed by atoms with Crippen molar-refractivity contribution in [3.63, 3.8) is 0 Å². The Morgan fingerprint density at radius 1 is 1.32 bits per heavy atom. The van der Waals surface area contributed by atoms with Crippen LogP contribution in [0.3, 0.4) is 0 Å². The van der Waals surface area contributed by atoms with Crippen LogP contribution in [0.4, 0.5) is 5.69 Å². The summed E-state index contributed by atoms with van der Waals surface area (Å²) in [6.07, 6.45) is 1.68. The Balaban J connectivity index is 2.14. The first-order valence-corrected chi connectivity index (χ1v) is 7.20. The third-order valence-corrected chi connectivity index (χ3v) is 4.13. The van der Waals surface area contributed by atoms with E-state index in [1.807, 2.05) is 12.1 Å². The number of pyridine rings is 1. The van der Waals surface area contributed by atoms with Crippen LogP contribution >= 0.6 is 35.0 Å². The Kier molecular flexibility index (Phi) is 4.80. The van der Waals surface area contributed by atoms with Crippen molar-refractivity contribution < 1.29 is 4.74 Å². The van der Waals surface area contributed by atoms with E-state index in [0.717, 1.165) is 16.2 Å². The summed E-state index contributed by atoms with van der Waals surface area (Å²) >= 11 is 13.5. The lowest BCUT2D eigenvalue weighted by Crippen LogP contribution is -1.91. The Hall–Kier alpha value is -1.10. The first-order chi connectivity index (χ1) is 9.10. The molecule has 19 heavy (non-hydrogen) atoms. The number of thioether (sulfide) groups is 1. The van der Waals surface area contributed by atoms with E-state index in [1.165, 1.54) is 0 Å². The Morgan fingerprint density at radius 3 is 2.79 bits per heavy atom. The number of benzene rings is 1. The van der Waals surface area contributed by atoms with Crippen LogP contribution in [0, 0.1) is 0 Å². The second kappa shape index (κ2) is 6.37. The molecule has 2 N–H and O–H groups in total. The van der Waals surface area contributed by atoms with Crippen LogP contribution in [-0.2, 0) is 5.75 Å². The molecule has 1 aromatic heterocycles. The van der Waals surface area contributed by atoms with Crippen LogP contribution in [0.1, 0.15) is 5.56 Å². The molecule has 0 saturated carbocycles. The molecule has 0 bridgehead atoms. The lowest BCUT2D eigenvalue weighted by molar-refractivity contribution is 0.405. The zero-order valence-corrected chi connectivity index (χ0v) is 12.5. The van der Waals surface area contributed by atoms with E-state index in [9.17, 15) is 0 Å². The predicted molar refractivity (Wildman–Crippen MR) is 81.2 cm³/mol. The molecule has 0 saturated heterocycles. The van der Waals surface area contributed by atoms with Gasteiger partial charge in [-0.15, -0.1) is 11.8 Å². The van der Waals surface area contributed by atoms with Gasteiger partial charge in [-0.3, -0.25) is 0 Å². The van der Waals surface area contributed by atoms with E-state index in [2.05, 4.69) is 4.98 Å². The van der Waals surface area contributed by atoms with Gasteiger partial charge in [0.25, 0.3) is 0 Å². The summed E-state index contributed by atoms with van der Waals surface area (Å²) in [7, 11) is 1.62. The topological polar surface area (TPSA) is 48.1 Å². The first-order valence-electron chi connectivity index (χ1n) is 5.46. The normalized spacial score (nSPS) is 10.5. The highest BCUT2D eigenvalue weighted by Crippen LogP contribution is 2.34. The second-order valence-corrected chi connectivity index (χ2v) is 5.61. The number of methoxy groups -OCH3 is 1. The number of nitrogens with zero attached hydrogens (tertiary/aromatic N) is 1. The van der Waals surface area contributed by atoms with Gasteiger partial charge >= 0.3 is 0 Å². The lowest BCUT2D eigenvalue weighted by Gasteiger charge is -2.09. The molecular formula is C13H12Cl2N2OS. The predicted octanol–water partition coefficient (Wildman–Crippen LogP) is 4.27. The molecule has 2 rings (SSSR count). The number of hydrogen-bond acceptors (Lipinski definition) is 4. The largest absolute Gasteiger partial charge is 0.496 e. The third kappa shape index (κ3) is 3.69. The van der Waals surface area contributed by atoms with Crippen LogP contribution in [0.15, 0.2) is 35.4 Å². The number of anilines is 1. The molecule has 1 heterocycles. The summed E-state index contributed by atoms with van der Waals surface area (Å²) in [4.78, 5) is 5.03. The highest BCUT2D eigenvalue weighted by molar-refractivity contribution is 7.98. The average molecular weight is 315 g/mol. The fourth-order valence-electron chi connectivity index (χ4n) is 1.50. The summed E-state index contributed by atoms with van der Waals surface area (Å²) in [6.45, 7) is 0. The minimum atomic E-state index is 0.392. The second-order valence-electron chi connectivity index (χ2n) is 3.80. The summed E-state index contributed by atoms with van der Waals surface area (Å²) in [6, 6.07) is 7.20. The van der Waals surface area contributed by atoms with Gasteiger partial charge in [-0.1, -0.05) is 23.2 Å². The van der Waals surface area contributed by atoms with Crippen LogP contribution < -0.4 is 10.5 Å². The molecular weight excluding hydrogens is 303 g/mol. The van der Waals surface area contributed by atoms with Crippen LogP contribution in [0.2, 0.25) is 10.2 Å². The molecule has 2 aromatic rings. The highest BCUT2D eigenvalue weighted by Gasteiger charge is 2.07. The standard InChI is InChI=1S/C13H12Cl2N2OS/c1-18-11-4-9(16)2-3-12(11)19-7-8-6-17-13(15)5-10(8)14/h2-6H,7,16H2,1H3. The molecule has 1 aromatic carbocycles. The molecule has 100 valence electrons. The minimum absolute atomic E-state index is 0.392. The van der Waals surface area contributed by atoms with Crippen molar-refractivity contribution in [2.24, 2.45) is 0 Å². The summed E-state index contributed by atoms with van der Waals surface area (Å²) in [5.41, 5.74) is 7.32. The average Bonchev–Trinajstić information content (AvgIpc) is 2.39. The van der Waals surface area contributed by atoms with Gasteiger partial charge < -0.3 is 10.5 Å². The number of hydrogen-bond donors (Lipinski definition) is 1. The molecule has 0 aliphatic rings. The maximum atomic E-state index is 6.11. The van der Waals surface area contributed by atoms with Crippen molar-refractivity contribution in [2.75, 3.05) is 12.8 Å². The first kappa shape index (κ1) is 14.3. The Morgan fingerprint density at radius 2 is 2.11 bits per heavy atom. The number of aromatic nitrogens is 1. The lowest BCUT2D eigenvalue weighted by atomic mass is 10.3. The van der Waals surface area contributed by atoms with Gasteiger partial charge in [0.15, 0.2) is 0 Å². The van der Waals surface area contributed by atoms with Crippen LogP contribution in [-0.4, -0.2) is 12.1 Å². The van der Waals surface area contributed by atoms with Gasteiger partial charge in [0.05, 0.1) is 7.11 Å². The quantitative estimate of drug-likeness (QED) is 0.520. The third-order valence-electron chi connectivity index (χ3n) is 2.47. The molecule has 0 fully saturated rings. The monoisotopic (exact) mass is 314 g/mol. The number of ether oxygens (including phenoxy) is 1. The number of halogens is 2. The van der Waals surface area contributed by atoms with Crippen molar-refractivity contribution in [1.82, 2.24) is 4.98 Å². The SMILES string of the molecule is COc1cc(N)ccc1SCc1cnc(Cl)cc1Cl. The van der Waals surface area contributed by atoms with Crippen molar-refractivity contribution >= 4 is 40.7 Å². The van der Waals surface area contributed by atoms with Gasteiger partial charge in [0, 0.05) is 33.6 Å². The zero-order valence-electron chi connectivity index (χ0n) is 10.2. The minimum Gasteiger partial charge on any atom is -0.496 e. The Bertz CT molecular complexity index is 593. The van der Waals surface area contributed by atoms with Gasteiger partial charge in [0.2, 0.25) is 0 Å². The molecule has 0 unspecified atom stereocenters. The Labute approximate surface area is 126 Å². The van der Waals surface area contributed by atoms with E-state index < -0.39 is 0 Å². The van der Waals surface area contributed by atoms with Crippen molar-refractivity contribution in [2.45, 2.75) is 10.6 Å². The molecule has 0 radical (unpaired) electrons. The van der Waals surface area contributed by atoms with Crippen molar-refractivity contribution in [3.05, 3.63) is 46.2 Å². The van der Waals surface area contributed by atoms with Gasteiger partial charge in [0.1, 0.15) is 10.9 Å². The maximum absolute atomic E-state index is 6.11. The highest BCUT2D eigenvalue weighted by atomic mass is 35.5. The van der Waals surface area contributed by atoms with Crippen molar-refractivity contribution in [1.29, 1.82) is 0 Å². The molecule has 3 nitrogen and oxygen atoms in total. The van der Waals surface area contributed by atoms with Crippen LogP contribution in [0.25, 0.3) is 0 Å². The van der Waals surface area contributed by atoms with Gasteiger partial charge in [-0.05, 0) is 23.8 Å². The molecule has 0 aliphatic carbocycles. The van der Waals surface area contributed by atoms with E-state index >= 15 is 0 Å². The number of nitrogens with two attached hydrogens (primary N) is 1. The van der Waals surface area contributed by atoms with E-state index in [0.29, 0.717) is 21.6 Å². The fourth-order valence-corrected chi connectivity index (χ4v) is 3.00. The van der Waals surface area contributed by atoms with E-state index in [-0.39, 0.29) is 0 Å². The number of nitrogen functional groups attached to an aromatic ring is 1. The zero-order chi connectivity index (χ0) is 13.8.